The third-order valence-electron chi connectivity index (χ3n) is 4.99. The molecule has 3 amide bonds. The van der Waals surface area contributed by atoms with Gasteiger partial charge in [-0.2, -0.15) is 0 Å². The van der Waals surface area contributed by atoms with Crippen molar-refractivity contribution >= 4 is 29.1 Å². The van der Waals surface area contributed by atoms with Gasteiger partial charge in [-0.1, -0.05) is 12.1 Å². The van der Waals surface area contributed by atoms with E-state index in [0.717, 1.165) is 10.5 Å². The monoisotopic (exact) mass is 396 g/mol. The lowest BCUT2D eigenvalue weighted by Gasteiger charge is -2.24. The van der Waals surface area contributed by atoms with Gasteiger partial charge in [0.2, 0.25) is 5.91 Å². The molecule has 1 unspecified atom stereocenters. The summed E-state index contributed by atoms with van der Waals surface area (Å²) in [4.78, 5) is 49.7. The van der Waals surface area contributed by atoms with Gasteiger partial charge in [0.15, 0.2) is 0 Å². The van der Waals surface area contributed by atoms with Crippen molar-refractivity contribution in [1.29, 1.82) is 0 Å². The minimum absolute atomic E-state index is 0.00507. The first-order valence-corrected chi connectivity index (χ1v) is 8.90. The van der Waals surface area contributed by atoms with E-state index in [1.807, 2.05) is 6.92 Å². The minimum Gasteiger partial charge on any atom is -0.325 e. The van der Waals surface area contributed by atoms with E-state index in [1.165, 1.54) is 31.3 Å². The number of nitrogens with zero attached hydrogens (tertiary/aromatic N) is 3. The van der Waals surface area contributed by atoms with Crippen molar-refractivity contribution < 1.29 is 19.3 Å². The lowest BCUT2D eigenvalue weighted by molar-refractivity contribution is -0.384. The zero-order valence-corrected chi connectivity index (χ0v) is 16.2. The summed E-state index contributed by atoms with van der Waals surface area (Å²) in [6.07, 6.45) is 0. The van der Waals surface area contributed by atoms with Gasteiger partial charge in [-0.15, -0.1) is 0 Å². The van der Waals surface area contributed by atoms with Crippen LogP contribution in [0.15, 0.2) is 42.5 Å². The Morgan fingerprint density at radius 2 is 1.86 bits per heavy atom. The molecule has 1 heterocycles. The first-order chi connectivity index (χ1) is 13.7. The molecule has 1 aliphatic rings. The minimum atomic E-state index is -0.458. The fourth-order valence-electron chi connectivity index (χ4n) is 3.16. The highest BCUT2D eigenvalue weighted by Crippen LogP contribution is 2.25. The number of carbonyl (C=O) groups excluding carboxylic acids is 3. The zero-order chi connectivity index (χ0) is 21.3. The maximum absolute atomic E-state index is 12.4. The van der Waals surface area contributed by atoms with Crippen molar-refractivity contribution in [2.24, 2.45) is 0 Å². The number of imide groups is 1. The number of fused-ring (bicyclic) bond motifs is 1. The highest BCUT2D eigenvalue weighted by Gasteiger charge is 2.32. The predicted octanol–water partition coefficient (Wildman–Crippen LogP) is 2.45. The van der Waals surface area contributed by atoms with Crippen LogP contribution in [0.3, 0.4) is 0 Å². The van der Waals surface area contributed by atoms with E-state index in [-0.39, 0.29) is 35.7 Å². The van der Waals surface area contributed by atoms with Crippen molar-refractivity contribution in [2.75, 3.05) is 26.0 Å². The molecule has 3 rings (SSSR count). The molecule has 0 bridgehead atoms. The van der Waals surface area contributed by atoms with Crippen LogP contribution in [0.1, 0.15) is 39.2 Å². The van der Waals surface area contributed by atoms with Crippen LogP contribution >= 0.6 is 0 Å². The molecule has 0 fully saturated rings. The molecule has 0 saturated carbocycles. The normalized spacial score (nSPS) is 14.1. The second-order valence-electron chi connectivity index (χ2n) is 6.92. The first kappa shape index (κ1) is 20.2. The van der Waals surface area contributed by atoms with Crippen LogP contribution in [0.5, 0.6) is 0 Å². The van der Waals surface area contributed by atoms with Gasteiger partial charge in [0.05, 0.1) is 22.6 Å². The number of nitrogens with one attached hydrogen (secondary N) is 1. The fraction of sp³-hybridized carbons (Fsp3) is 0.250. The summed E-state index contributed by atoms with van der Waals surface area (Å²) in [6.45, 7) is 1.88. The number of benzene rings is 2. The van der Waals surface area contributed by atoms with Crippen molar-refractivity contribution in [3.8, 4) is 0 Å². The second-order valence-corrected chi connectivity index (χ2v) is 6.92. The molecule has 0 aliphatic carbocycles. The molecular formula is C20H20N4O5. The van der Waals surface area contributed by atoms with Gasteiger partial charge >= 0.3 is 0 Å². The van der Waals surface area contributed by atoms with Crippen LogP contribution in [0.25, 0.3) is 0 Å². The molecule has 29 heavy (non-hydrogen) atoms. The van der Waals surface area contributed by atoms with Gasteiger partial charge in [-0.3, -0.25) is 34.3 Å². The van der Waals surface area contributed by atoms with Crippen LogP contribution in [0, 0.1) is 10.1 Å². The number of nitro benzene ring substituents is 1. The van der Waals surface area contributed by atoms with Crippen LogP contribution in [-0.4, -0.2) is 53.1 Å². The number of amides is 3. The number of rotatable bonds is 6. The topological polar surface area (TPSA) is 113 Å². The van der Waals surface area contributed by atoms with E-state index in [4.69, 9.17) is 0 Å². The molecule has 1 N–H and O–H groups in total. The van der Waals surface area contributed by atoms with Crippen LogP contribution in [0.4, 0.5) is 11.4 Å². The molecule has 2 aromatic rings. The highest BCUT2D eigenvalue weighted by molar-refractivity contribution is 6.21. The van der Waals surface area contributed by atoms with Gasteiger partial charge < -0.3 is 5.32 Å². The Morgan fingerprint density at radius 1 is 1.17 bits per heavy atom. The van der Waals surface area contributed by atoms with E-state index in [9.17, 15) is 24.5 Å². The van der Waals surface area contributed by atoms with Gasteiger partial charge in [0.1, 0.15) is 0 Å². The Hall–Kier alpha value is -3.59. The van der Waals surface area contributed by atoms with Crippen LogP contribution in [0.2, 0.25) is 0 Å². The molecule has 1 atom stereocenters. The number of hydrogen-bond donors (Lipinski definition) is 1. The van der Waals surface area contributed by atoms with E-state index in [0.29, 0.717) is 11.3 Å². The van der Waals surface area contributed by atoms with E-state index < -0.39 is 10.8 Å². The number of hydrogen-bond acceptors (Lipinski definition) is 6. The Kier molecular flexibility index (Phi) is 5.42. The van der Waals surface area contributed by atoms with E-state index >= 15 is 0 Å². The molecule has 9 nitrogen and oxygen atoms in total. The number of anilines is 1. The lowest BCUT2D eigenvalue weighted by atomic mass is 10.1. The second kappa shape index (κ2) is 7.80. The lowest BCUT2D eigenvalue weighted by Crippen LogP contribution is -2.32. The molecule has 0 aromatic heterocycles. The average molecular weight is 396 g/mol. The summed E-state index contributed by atoms with van der Waals surface area (Å²) in [7, 11) is 3.15. The summed E-state index contributed by atoms with van der Waals surface area (Å²) in [5.41, 5.74) is 1.70. The molecule has 150 valence electrons. The Labute approximate surface area is 167 Å². The maximum Gasteiger partial charge on any atom is 0.269 e. The van der Waals surface area contributed by atoms with Crippen LogP contribution in [-0.2, 0) is 4.79 Å². The standard InChI is InChI=1S/C20H20N4O5/c1-12(13-5-4-6-15(9-13)24(28)29)22(2)11-18(25)21-14-7-8-16-17(10-14)20(27)23(3)19(16)26/h4-10,12H,11H2,1-3H3,(H,21,25). The van der Waals surface area contributed by atoms with E-state index in [2.05, 4.69) is 5.32 Å². The maximum atomic E-state index is 12.4. The summed E-state index contributed by atoms with van der Waals surface area (Å²) in [5.74, 6) is -1.08. The summed E-state index contributed by atoms with van der Waals surface area (Å²) in [6, 6.07) is 10.6. The number of carbonyl (C=O) groups is 3. The molecule has 0 saturated heterocycles. The molecular weight excluding hydrogens is 376 g/mol. The van der Waals surface area contributed by atoms with Gasteiger partial charge in [0, 0.05) is 30.9 Å². The molecule has 9 heteroatoms. The first-order valence-electron chi connectivity index (χ1n) is 8.90. The number of non-ortho nitro benzene ring substituents is 1. The molecule has 1 aliphatic heterocycles. The Bertz CT molecular complexity index is 1020. The smallest absolute Gasteiger partial charge is 0.269 e. The van der Waals surface area contributed by atoms with E-state index in [1.54, 1.807) is 30.1 Å². The van der Waals surface area contributed by atoms with Crippen molar-refractivity contribution in [1.82, 2.24) is 9.80 Å². The average Bonchev–Trinajstić information content (AvgIpc) is 2.91. The Morgan fingerprint density at radius 3 is 2.55 bits per heavy atom. The fourth-order valence-corrected chi connectivity index (χ4v) is 3.16. The third kappa shape index (κ3) is 3.99. The van der Waals surface area contributed by atoms with Gasteiger partial charge in [0.25, 0.3) is 17.5 Å². The number of likely N-dealkylation sites (N-methyl/N-ethyl adjacent to an activating group) is 1. The third-order valence-corrected chi connectivity index (χ3v) is 4.99. The molecule has 2 aromatic carbocycles. The summed E-state index contributed by atoms with van der Waals surface area (Å²) >= 11 is 0. The Balaban J connectivity index is 1.67. The highest BCUT2D eigenvalue weighted by atomic mass is 16.6. The summed E-state index contributed by atoms with van der Waals surface area (Å²) < 4.78 is 0. The SMILES string of the molecule is CC(c1cccc([N+](=O)[O-])c1)N(C)CC(=O)Nc1ccc2c(c1)C(=O)N(C)C2=O. The van der Waals surface area contributed by atoms with Crippen molar-refractivity contribution in [3.05, 3.63) is 69.3 Å². The molecule has 0 radical (unpaired) electrons. The largest absolute Gasteiger partial charge is 0.325 e. The quantitative estimate of drug-likeness (QED) is 0.456. The van der Waals surface area contributed by atoms with Gasteiger partial charge in [-0.05, 0) is 37.7 Å². The summed E-state index contributed by atoms with van der Waals surface area (Å²) in [5, 5.41) is 13.7. The van der Waals surface area contributed by atoms with Crippen molar-refractivity contribution in [3.63, 3.8) is 0 Å². The van der Waals surface area contributed by atoms with Crippen LogP contribution < -0.4 is 5.32 Å². The molecule has 0 spiro atoms. The zero-order valence-electron chi connectivity index (χ0n) is 16.2. The number of nitro groups is 1. The van der Waals surface area contributed by atoms with Crippen molar-refractivity contribution in [2.45, 2.75) is 13.0 Å². The van der Waals surface area contributed by atoms with Gasteiger partial charge in [-0.25, -0.2) is 0 Å². The predicted molar refractivity (Wildman–Crippen MR) is 106 cm³/mol.